The zero-order valence-corrected chi connectivity index (χ0v) is 11.0. The number of nitrogens with two attached hydrogens (primary N) is 1. The van der Waals surface area contributed by atoms with E-state index in [0.29, 0.717) is 10.8 Å². The Kier molecular flexibility index (Phi) is 4.03. The summed E-state index contributed by atoms with van der Waals surface area (Å²) in [6.07, 6.45) is 1.62. The number of nitrogens with one attached hydrogen (secondary N) is 1. The van der Waals surface area contributed by atoms with Crippen LogP contribution in [0.4, 0.5) is 0 Å². The maximum atomic E-state index is 11.2. The first-order valence-electron chi connectivity index (χ1n) is 5.53. The van der Waals surface area contributed by atoms with E-state index in [0.717, 1.165) is 5.56 Å². The van der Waals surface area contributed by atoms with Gasteiger partial charge in [0.05, 0.1) is 5.02 Å². The molecule has 7 heteroatoms. The molecule has 0 aliphatic carbocycles. The van der Waals surface area contributed by atoms with Gasteiger partial charge < -0.3 is 4.74 Å². The minimum atomic E-state index is -0.452. The Labute approximate surface area is 115 Å². The Balaban J connectivity index is 2.04. The van der Waals surface area contributed by atoms with Gasteiger partial charge in [-0.3, -0.25) is 10.2 Å². The third-order valence-electron chi connectivity index (χ3n) is 2.44. The molecule has 1 aromatic carbocycles. The Hall–Kier alpha value is -2.05. The average Bonchev–Trinajstić information content (AvgIpc) is 2.88. The molecule has 0 spiro atoms. The molecule has 1 heterocycles. The third kappa shape index (κ3) is 3.24. The Morgan fingerprint density at radius 2 is 2.32 bits per heavy atom. The van der Waals surface area contributed by atoms with Crippen molar-refractivity contribution in [2.24, 2.45) is 5.84 Å². The lowest BCUT2D eigenvalue weighted by Gasteiger charge is -2.08. The second-order valence-corrected chi connectivity index (χ2v) is 4.33. The Morgan fingerprint density at radius 3 is 3.05 bits per heavy atom. The van der Waals surface area contributed by atoms with Crippen LogP contribution in [0, 0.1) is 6.92 Å². The van der Waals surface area contributed by atoms with Crippen molar-refractivity contribution in [3.05, 3.63) is 46.7 Å². The predicted molar refractivity (Wildman–Crippen MR) is 70.7 cm³/mol. The SMILES string of the molecule is Cc1ccc(Cl)c(OCn2ccc(C(=O)NN)n2)c1. The highest BCUT2D eigenvalue weighted by Crippen LogP contribution is 2.25. The molecule has 0 aliphatic heterocycles. The van der Waals surface area contributed by atoms with Gasteiger partial charge in [0, 0.05) is 6.20 Å². The van der Waals surface area contributed by atoms with Gasteiger partial charge in [0.15, 0.2) is 12.4 Å². The number of halogens is 1. The molecule has 0 unspecified atom stereocenters. The molecule has 0 saturated carbocycles. The number of hydrogen-bond donors (Lipinski definition) is 2. The zero-order valence-electron chi connectivity index (χ0n) is 10.3. The van der Waals surface area contributed by atoms with Crippen molar-refractivity contribution < 1.29 is 9.53 Å². The number of carbonyl (C=O) groups is 1. The summed E-state index contributed by atoms with van der Waals surface area (Å²) in [4.78, 5) is 11.2. The van der Waals surface area contributed by atoms with Gasteiger partial charge in [0.25, 0.3) is 5.91 Å². The number of aryl methyl sites for hydroxylation is 1. The number of hydrazine groups is 1. The summed E-state index contributed by atoms with van der Waals surface area (Å²) in [7, 11) is 0. The van der Waals surface area contributed by atoms with Gasteiger partial charge >= 0.3 is 0 Å². The summed E-state index contributed by atoms with van der Waals surface area (Å²) in [5.41, 5.74) is 3.28. The van der Waals surface area contributed by atoms with Crippen molar-refractivity contribution >= 4 is 17.5 Å². The maximum Gasteiger partial charge on any atom is 0.285 e. The molecule has 3 N–H and O–H groups in total. The van der Waals surface area contributed by atoms with E-state index in [-0.39, 0.29) is 12.4 Å². The first-order chi connectivity index (χ1) is 9.10. The van der Waals surface area contributed by atoms with E-state index in [1.54, 1.807) is 18.3 Å². The normalized spacial score (nSPS) is 10.3. The van der Waals surface area contributed by atoms with Gasteiger partial charge in [-0.1, -0.05) is 17.7 Å². The molecule has 2 aromatic rings. The van der Waals surface area contributed by atoms with Crippen LogP contribution in [0.3, 0.4) is 0 Å². The standard InChI is InChI=1S/C12H13ClN4O2/c1-8-2-3-9(13)11(6-8)19-7-17-5-4-10(16-17)12(18)15-14/h2-6H,7,14H2,1H3,(H,15,18). The van der Waals surface area contributed by atoms with Gasteiger partial charge in [-0.2, -0.15) is 5.10 Å². The van der Waals surface area contributed by atoms with E-state index >= 15 is 0 Å². The molecular weight excluding hydrogens is 268 g/mol. The summed E-state index contributed by atoms with van der Waals surface area (Å²) in [5, 5.41) is 4.53. The lowest BCUT2D eigenvalue weighted by molar-refractivity contribution is 0.0946. The number of amides is 1. The molecule has 100 valence electrons. The summed E-state index contributed by atoms with van der Waals surface area (Å²) in [6, 6.07) is 7.04. The number of hydrogen-bond acceptors (Lipinski definition) is 4. The van der Waals surface area contributed by atoms with Crippen LogP contribution in [0.15, 0.2) is 30.5 Å². The Morgan fingerprint density at radius 1 is 1.53 bits per heavy atom. The summed E-state index contributed by atoms with van der Waals surface area (Å²) < 4.78 is 7.01. The summed E-state index contributed by atoms with van der Waals surface area (Å²) in [5.74, 6) is 5.14. The minimum absolute atomic E-state index is 0.154. The first kappa shape index (κ1) is 13.4. The van der Waals surface area contributed by atoms with Crippen molar-refractivity contribution in [3.8, 4) is 5.75 Å². The number of rotatable bonds is 4. The van der Waals surface area contributed by atoms with E-state index in [1.165, 1.54) is 4.68 Å². The van der Waals surface area contributed by atoms with E-state index in [2.05, 4.69) is 5.10 Å². The number of carbonyl (C=O) groups excluding carboxylic acids is 1. The second kappa shape index (κ2) is 5.73. The van der Waals surface area contributed by atoms with Crippen LogP contribution in [0.2, 0.25) is 5.02 Å². The van der Waals surface area contributed by atoms with Crippen molar-refractivity contribution in [2.75, 3.05) is 0 Å². The van der Waals surface area contributed by atoms with E-state index in [1.807, 2.05) is 24.5 Å². The third-order valence-corrected chi connectivity index (χ3v) is 2.76. The van der Waals surface area contributed by atoms with Crippen LogP contribution in [-0.4, -0.2) is 15.7 Å². The molecule has 1 amide bonds. The van der Waals surface area contributed by atoms with Crippen LogP contribution in [0.25, 0.3) is 0 Å². The molecule has 1 aromatic heterocycles. The van der Waals surface area contributed by atoms with Gasteiger partial charge in [-0.15, -0.1) is 0 Å². The van der Waals surface area contributed by atoms with Crippen LogP contribution in [0.1, 0.15) is 16.1 Å². The smallest absolute Gasteiger partial charge is 0.285 e. The predicted octanol–water partition coefficient (Wildman–Crippen LogP) is 1.48. The van der Waals surface area contributed by atoms with Crippen LogP contribution in [-0.2, 0) is 6.73 Å². The molecule has 19 heavy (non-hydrogen) atoms. The van der Waals surface area contributed by atoms with Crippen molar-refractivity contribution in [2.45, 2.75) is 13.7 Å². The maximum absolute atomic E-state index is 11.2. The molecular formula is C12H13ClN4O2. The van der Waals surface area contributed by atoms with Crippen molar-refractivity contribution in [3.63, 3.8) is 0 Å². The van der Waals surface area contributed by atoms with Crippen LogP contribution >= 0.6 is 11.6 Å². The number of aromatic nitrogens is 2. The summed E-state index contributed by atoms with van der Waals surface area (Å²) in [6.45, 7) is 2.10. The largest absolute Gasteiger partial charge is 0.470 e. The molecule has 2 rings (SSSR count). The van der Waals surface area contributed by atoms with Crippen LogP contribution < -0.4 is 16.0 Å². The van der Waals surface area contributed by atoms with Crippen molar-refractivity contribution in [1.82, 2.24) is 15.2 Å². The molecule has 0 radical (unpaired) electrons. The fourth-order valence-electron chi connectivity index (χ4n) is 1.49. The molecule has 0 fully saturated rings. The summed E-state index contributed by atoms with van der Waals surface area (Å²) >= 11 is 6.01. The number of nitrogen functional groups attached to an aromatic ring is 1. The first-order valence-corrected chi connectivity index (χ1v) is 5.91. The molecule has 0 aliphatic rings. The molecule has 0 saturated heterocycles. The van der Waals surface area contributed by atoms with E-state index < -0.39 is 5.91 Å². The lowest BCUT2D eigenvalue weighted by Crippen LogP contribution is -2.30. The van der Waals surface area contributed by atoms with Gasteiger partial charge in [0.1, 0.15) is 5.75 Å². The fraction of sp³-hybridized carbons (Fsp3) is 0.167. The monoisotopic (exact) mass is 280 g/mol. The average molecular weight is 281 g/mol. The number of nitrogens with zero attached hydrogens (tertiary/aromatic N) is 2. The number of benzene rings is 1. The van der Waals surface area contributed by atoms with E-state index in [4.69, 9.17) is 22.2 Å². The highest BCUT2D eigenvalue weighted by atomic mass is 35.5. The van der Waals surface area contributed by atoms with Crippen molar-refractivity contribution in [1.29, 1.82) is 0 Å². The highest BCUT2D eigenvalue weighted by Gasteiger charge is 2.08. The quantitative estimate of drug-likeness (QED) is 0.505. The van der Waals surface area contributed by atoms with Gasteiger partial charge in [-0.05, 0) is 30.7 Å². The molecule has 0 bridgehead atoms. The number of ether oxygens (including phenoxy) is 1. The second-order valence-electron chi connectivity index (χ2n) is 3.92. The van der Waals surface area contributed by atoms with E-state index in [9.17, 15) is 4.79 Å². The highest BCUT2D eigenvalue weighted by molar-refractivity contribution is 6.32. The minimum Gasteiger partial charge on any atom is -0.470 e. The topological polar surface area (TPSA) is 82.2 Å². The fourth-order valence-corrected chi connectivity index (χ4v) is 1.66. The van der Waals surface area contributed by atoms with Gasteiger partial charge in [-0.25, -0.2) is 10.5 Å². The van der Waals surface area contributed by atoms with Gasteiger partial charge in [0.2, 0.25) is 0 Å². The molecule has 0 atom stereocenters. The van der Waals surface area contributed by atoms with Crippen LogP contribution in [0.5, 0.6) is 5.75 Å². The molecule has 6 nitrogen and oxygen atoms in total. The zero-order chi connectivity index (χ0) is 13.8. The lowest BCUT2D eigenvalue weighted by atomic mass is 10.2. The Bertz CT molecular complexity index is 597.